The Morgan fingerprint density at radius 2 is 1.43 bits per heavy atom. The molecule has 4 rings (SSSR count). The van der Waals surface area contributed by atoms with E-state index in [1.54, 1.807) is 0 Å². The minimum Gasteiger partial charge on any atom is -0.481 e. The highest BCUT2D eigenvalue weighted by atomic mass is 16.5. The first kappa shape index (κ1) is 14.9. The Bertz CT molecular complexity index is 376. The fourth-order valence-corrected chi connectivity index (χ4v) is 5.00. The highest BCUT2D eigenvalue weighted by Gasteiger charge is 2.49. The quantitative estimate of drug-likeness (QED) is 0.577. The van der Waals surface area contributed by atoms with Crippen molar-refractivity contribution in [3.8, 4) is 0 Å². The van der Waals surface area contributed by atoms with Crippen LogP contribution in [0.2, 0.25) is 0 Å². The number of rotatable bonds is 7. The van der Waals surface area contributed by atoms with Gasteiger partial charge in [0.2, 0.25) is 0 Å². The topological polar surface area (TPSA) is 63.6 Å². The lowest BCUT2D eigenvalue weighted by Crippen LogP contribution is -2.50. The number of carbonyl (C=O) groups excluding carboxylic acids is 1. The Morgan fingerprint density at radius 1 is 0.857 bits per heavy atom. The van der Waals surface area contributed by atoms with Crippen LogP contribution in [-0.2, 0) is 14.3 Å². The van der Waals surface area contributed by atoms with E-state index in [0.717, 1.165) is 24.7 Å². The van der Waals surface area contributed by atoms with E-state index in [1.807, 2.05) is 0 Å². The molecular weight excluding hydrogens is 268 g/mol. The molecule has 0 amide bonds. The van der Waals surface area contributed by atoms with Gasteiger partial charge < -0.3 is 9.84 Å². The fraction of sp³-hybridized carbons (Fsp3) is 0.882. The van der Waals surface area contributed by atoms with Crippen LogP contribution in [0.4, 0.5) is 0 Å². The van der Waals surface area contributed by atoms with Gasteiger partial charge in [-0.2, -0.15) is 0 Å². The van der Waals surface area contributed by atoms with Crippen LogP contribution in [0.1, 0.15) is 64.2 Å². The van der Waals surface area contributed by atoms with Gasteiger partial charge in [0.25, 0.3) is 0 Å². The molecule has 4 aliphatic rings. The maximum Gasteiger partial charge on any atom is 0.306 e. The molecule has 4 bridgehead atoms. The average Bonchev–Trinajstić information content (AvgIpc) is 2.41. The summed E-state index contributed by atoms with van der Waals surface area (Å²) in [6, 6.07) is 0. The Kier molecular flexibility index (Phi) is 4.51. The van der Waals surface area contributed by atoms with Crippen molar-refractivity contribution in [1.29, 1.82) is 0 Å². The first-order valence-electron chi connectivity index (χ1n) is 8.53. The van der Waals surface area contributed by atoms with E-state index in [-0.39, 0.29) is 18.5 Å². The van der Waals surface area contributed by atoms with Gasteiger partial charge in [0.15, 0.2) is 0 Å². The molecule has 0 heterocycles. The molecule has 0 spiro atoms. The second-order valence-corrected chi connectivity index (χ2v) is 7.34. The minimum atomic E-state index is -0.758. The van der Waals surface area contributed by atoms with E-state index < -0.39 is 5.97 Å². The summed E-state index contributed by atoms with van der Waals surface area (Å²) in [6.07, 6.45) is 9.51. The molecule has 0 atom stereocenters. The lowest BCUT2D eigenvalue weighted by molar-refractivity contribution is -0.170. The molecule has 0 saturated heterocycles. The Morgan fingerprint density at radius 3 is 2.00 bits per heavy atom. The van der Waals surface area contributed by atoms with E-state index in [2.05, 4.69) is 0 Å². The number of carboxylic acids is 1. The van der Waals surface area contributed by atoms with Gasteiger partial charge >= 0.3 is 11.9 Å². The molecule has 21 heavy (non-hydrogen) atoms. The van der Waals surface area contributed by atoms with Gasteiger partial charge in [0.05, 0.1) is 0 Å². The van der Waals surface area contributed by atoms with Crippen LogP contribution in [-0.4, -0.2) is 23.1 Å². The van der Waals surface area contributed by atoms with Crippen molar-refractivity contribution in [3.63, 3.8) is 0 Å². The Labute approximate surface area is 126 Å². The maximum absolute atomic E-state index is 12.0. The molecule has 0 aromatic carbocycles. The maximum atomic E-state index is 12.0. The monoisotopic (exact) mass is 294 g/mol. The van der Waals surface area contributed by atoms with E-state index in [4.69, 9.17) is 9.84 Å². The van der Waals surface area contributed by atoms with Crippen molar-refractivity contribution < 1.29 is 19.4 Å². The zero-order chi connectivity index (χ0) is 14.8. The SMILES string of the molecule is O=C(O)CCCCCC(=O)OC1C2CC3CC(C2)CC1C3. The molecule has 4 fully saturated rings. The standard InChI is InChI=1S/C17H26O4/c18-15(19)4-2-1-3-5-16(20)21-17-13-7-11-6-12(9-13)10-14(17)8-11/h11-14,17H,1-10H2,(H,18,19). The molecule has 4 saturated carbocycles. The van der Waals surface area contributed by atoms with Crippen molar-refractivity contribution in [2.24, 2.45) is 23.7 Å². The van der Waals surface area contributed by atoms with Crippen molar-refractivity contribution in [1.82, 2.24) is 0 Å². The molecule has 118 valence electrons. The van der Waals surface area contributed by atoms with E-state index in [9.17, 15) is 9.59 Å². The Hall–Kier alpha value is -1.06. The molecule has 1 N–H and O–H groups in total. The molecule has 0 aliphatic heterocycles. The van der Waals surface area contributed by atoms with Crippen LogP contribution in [0.15, 0.2) is 0 Å². The van der Waals surface area contributed by atoms with E-state index >= 15 is 0 Å². The number of hydrogen-bond donors (Lipinski definition) is 1. The van der Waals surface area contributed by atoms with Gasteiger partial charge in [-0.25, -0.2) is 0 Å². The third kappa shape index (κ3) is 3.58. The number of esters is 1. The molecule has 0 unspecified atom stereocenters. The number of aliphatic carboxylic acids is 1. The highest BCUT2D eigenvalue weighted by Crippen LogP contribution is 2.54. The van der Waals surface area contributed by atoms with Crippen LogP contribution in [0.5, 0.6) is 0 Å². The smallest absolute Gasteiger partial charge is 0.306 e. The second-order valence-electron chi connectivity index (χ2n) is 7.34. The van der Waals surface area contributed by atoms with Gasteiger partial charge in [0.1, 0.15) is 6.10 Å². The largest absolute Gasteiger partial charge is 0.481 e. The normalized spacial score (nSPS) is 36.7. The number of ether oxygens (including phenoxy) is 1. The zero-order valence-electron chi connectivity index (χ0n) is 12.6. The van der Waals surface area contributed by atoms with E-state index in [0.29, 0.717) is 24.7 Å². The summed E-state index contributed by atoms with van der Waals surface area (Å²) in [5.41, 5.74) is 0. The van der Waals surface area contributed by atoms with Gasteiger partial charge in [-0.15, -0.1) is 0 Å². The van der Waals surface area contributed by atoms with Gasteiger partial charge in [0, 0.05) is 12.8 Å². The Balaban J connectivity index is 1.38. The number of unbranched alkanes of at least 4 members (excludes halogenated alkanes) is 2. The average molecular weight is 294 g/mol. The fourth-order valence-electron chi connectivity index (χ4n) is 5.00. The van der Waals surface area contributed by atoms with Crippen LogP contribution in [0.3, 0.4) is 0 Å². The third-order valence-electron chi connectivity index (χ3n) is 5.68. The van der Waals surface area contributed by atoms with Crippen LogP contribution < -0.4 is 0 Å². The highest BCUT2D eigenvalue weighted by molar-refractivity contribution is 5.69. The van der Waals surface area contributed by atoms with Crippen LogP contribution in [0, 0.1) is 23.7 Å². The minimum absolute atomic E-state index is 0.0669. The summed E-state index contributed by atoms with van der Waals surface area (Å²) in [5, 5.41) is 8.56. The molecular formula is C17H26O4. The molecule has 0 radical (unpaired) electrons. The van der Waals surface area contributed by atoms with Crippen LogP contribution in [0.25, 0.3) is 0 Å². The zero-order valence-corrected chi connectivity index (χ0v) is 12.6. The van der Waals surface area contributed by atoms with Gasteiger partial charge in [-0.3, -0.25) is 9.59 Å². The summed E-state index contributed by atoms with van der Waals surface area (Å²) in [6.45, 7) is 0. The molecule has 4 heteroatoms. The van der Waals surface area contributed by atoms with Crippen molar-refractivity contribution in [3.05, 3.63) is 0 Å². The first-order valence-corrected chi connectivity index (χ1v) is 8.53. The number of carboxylic acid groups (broad SMARTS) is 1. The molecule has 4 nitrogen and oxygen atoms in total. The lowest BCUT2D eigenvalue weighted by atomic mass is 9.55. The summed E-state index contributed by atoms with van der Waals surface area (Å²) in [4.78, 5) is 22.4. The molecule has 4 aliphatic carbocycles. The van der Waals surface area contributed by atoms with Crippen molar-refractivity contribution in [2.75, 3.05) is 0 Å². The summed E-state index contributed by atoms with van der Waals surface area (Å²) in [5.74, 6) is 2.22. The summed E-state index contributed by atoms with van der Waals surface area (Å²) < 4.78 is 5.80. The first-order chi connectivity index (χ1) is 10.1. The lowest BCUT2D eigenvalue weighted by Gasteiger charge is -2.53. The van der Waals surface area contributed by atoms with E-state index in [1.165, 1.54) is 32.1 Å². The second kappa shape index (κ2) is 6.37. The summed E-state index contributed by atoms with van der Waals surface area (Å²) in [7, 11) is 0. The molecule has 0 aromatic heterocycles. The van der Waals surface area contributed by atoms with Gasteiger partial charge in [-0.05, 0) is 68.6 Å². The van der Waals surface area contributed by atoms with Crippen LogP contribution >= 0.6 is 0 Å². The number of carbonyl (C=O) groups is 2. The predicted octanol–water partition coefficient (Wildman–Crippen LogP) is 3.39. The van der Waals surface area contributed by atoms with Crippen molar-refractivity contribution in [2.45, 2.75) is 70.3 Å². The molecule has 0 aromatic rings. The predicted molar refractivity (Wildman–Crippen MR) is 77.6 cm³/mol. The third-order valence-corrected chi connectivity index (χ3v) is 5.68. The van der Waals surface area contributed by atoms with Crippen molar-refractivity contribution >= 4 is 11.9 Å². The summed E-state index contributed by atoms with van der Waals surface area (Å²) >= 11 is 0. The van der Waals surface area contributed by atoms with Gasteiger partial charge in [-0.1, -0.05) is 6.42 Å². The number of hydrogen-bond acceptors (Lipinski definition) is 3.